The first-order chi connectivity index (χ1) is 9.51. The minimum atomic E-state index is -0.559. The van der Waals surface area contributed by atoms with E-state index in [-0.39, 0.29) is 17.1 Å². The summed E-state index contributed by atoms with van der Waals surface area (Å²) in [6.07, 6.45) is 0. The molecule has 100 valence electrons. The number of carbonyl (C=O) groups is 1. The van der Waals surface area contributed by atoms with Gasteiger partial charge in [0.1, 0.15) is 11.5 Å². The van der Waals surface area contributed by atoms with Gasteiger partial charge < -0.3 is 15.5 Å². The molecular formula is C15H12N2O3. The van der Waals surface area contributed by atoms with Crippen molar-refractivity contribution in [3.8, 4) is 17.6 Å². The molecule has 0 unspecified atom stereocenters. The van der Waals surface area contributed by atoms with Gasteiger partial charge in [-0.3, -0.25) is 4.79 Å². The van der Waals surface area contributed by atoms with E-state index >= 15 is 0 Å². The van der Waals surface area contributed by atoms with E-state index in [2.05, 4.69) is 5.32 Å². The molecule has 2 aromatic rings. The normalized spacial score (nSPS) is 9.80. The number of hydrogen-bond donors (Lipinski definition) is 3. The number of phenolic OH excluding ortho intramolecular Hbond substituents is 2. The van der Waals surface area contributed by atoms with Crippen molar-refractivity contribution in [3.63, 3.8) is 0 Å². The molecule has 0 aliphatic rings. The van der Waals surface area contributed by atoms with Gasteiger partial charge in [0, 0.05) is 5.69 Å². The van der Waals surface area contributed by atoms with Gasteiger partial charge in [0.2, 0.25) is 0 Å². The highest BCUT2D eigenvalue weighted by molar-refractivity contribution is 6.06. The summed E-state index contributed by atoms with van der Waals surface area (Å²) in [5, 5.41) is 30.4. The van der Waals surface area contributed by atoms with Crippen LogP contribution in [0.25, 0.3) is 0 Å². The molecule has 0 aliphatic carbocycles. The van der Waals surface area contributed by atoms with E-state index in [9.17, 15) is 15.0 Å². The highest BCUT2D eigenvalue weighted by Crippen LogP contribution is 2.24. The van der Waals surface area contributed by atoms with Crippen LogP contribution in [0.1, 0.15) is 21.5 Å². The predicted octanol–water partition coefficient (Wildman–Crippen LogP) is 2.53. The van der Waals surface area contributed by atoms with Crippen molar-refractivity contribution in [2.45, 2.75) is 6.92 Å². The molecule has 0 radical (unpaired) electrons. The van der Waals surface area contributed by atoms with Crippen LogP contribution in [0, 0.1) is 18.3 Å². The molecule has 20 heavy (non-hydrogen) atoms. The number of amides is 1. The van der Waals surface area contributed by atoms with Crippen LogP contribution in [0.5, 0.6) is 11.5 Å². The summed E-state index contributed by atoms with van der Waals surface area (Å²) in [6.45, 7) is 1.79. The van der Waals surface area contributed by atoms with E-state index < -0.39 is 5.91 Å². The molecule has 2 aromatic carbocycles. The second kappa shape index (κ2) is 5.33. The second-order valence-electron chi connectivity index (χ2n) is 4.30. The molecule has 5 heteroatoms. The minimum Gasteiger partial charge on any atom is -0.508 e. The summed E-state index contributed by atoms with van der Waals surface area (Å²) in [5.74, 6) is -0.901. The zero-order chi connectivity index (χ0) is 14.7. The van der Waals surface area contributed by atoms with Gasteiger partial charge in [-0.25, -0.2) is 0 Å². The number of hydrogen-bond acceptors (Lipinski definition) is 4. The van der Waals surface area contributed by atoms with Crippen LogP contribution < -0.4 is 5.32 Å². The zero-order valence-corrected chi connectivity index (χ0v) is 10.7. The second-order valence-corrected chi connectivity index (χ2v) is 4.30. The average Bonchev–Trinajstić information content (AvgIpc) is 2.43. The third kappa shape index (κ3) is 2.70. The lowest BCUT2D eigenvalue weighted by Gasteiger charge is -2.10. The molecule has 0 aliphatic heterocycles. The highest BCUT2D eigenvalue weighted by Gasteiger charge is 2.13. The standard InChI is InChI=1S/C15H12N2O3/c1-9-2-3-10(8-16)6-13(9)17-15(20)12-7-11(18)4-5-14(12)19/h2-7,18-19H,1H3,(H,17,20). The first-order valence-corrected chi connectivity index (χ1v) is 5.85. The lowest BCUT2D eigenvalue weighted by molar-refractivity contribution is 0.102. The van der Waals surface area contributed by atoms with E-state index in [0.717, 1.165) is 5.56 Å². The molecule has 3 N–H and O–H groups in total. The summed E-state index contributed by atoms with van der Waals surface area (Å²) < 4.78 is 0. The SMILES string of the molecule is Cc1ccc(C#N)cc1NC(=O)c1cc(O)ccc1O. The van der Waals surface area contributed by atoms with Gasteiger partial charge in [0.15, 0.2) is 0 Å². The predicted molar refractivity (Wildman–Crippen MR) is 73.6 cm³/mol. The number of nitrogens with zero attached hydrogens (tertiary/aromatic N) is 1. The Morgan fingerprint density at radius 2 is 1.95 bits per heavy atom. The molecule has 5 nitrogen and oxygen atoms in total. The maximum atomic E-state index is 12.1. The van der Waals surface area contributed by atoms with Crippen molar-refractivity contribution >= 4 is 11.6 Å². The molecule has 0 fully saturated rings. The first-order valence-electron chi connectivity index (χ1n) is 5.85. The molecule has 0 heterocycles. The van der Waals surface area contributed by atoms with Crippen molar-refractivity contribution in [1.29, 1.82) is 5.26 Å². The third-order valence-electron chi connectivity index (χ3n) is 2.84. The van der Waals surface area contributed by atoms with Crippen molar-refractivity contribution in [2.75, 3.05) is 5.32 Å². The number of rotatable bonds is 2. The van der Waals surface area contributed by atoms with Crippen LogP contribution in [-0.4, -0.2) is 16.1 Å². The summed E-state index contributed by atoms with van der Waals surface area (Å²) in [7, 11) is 0. The number of aryl methyl sites for hydroxylation is 1. The lowest BCUT2D eigenvalue weighted by atomic mass is 10.1. The number of nitriles is 1. The Labute approximate surface area is 115 Å². The van der Waals surface area contributed by atoms with E-state index in [1.165, 1.54) is 18.2 Å². The Bertz CT molecular complexity index is 718. The molecule has 0 bridgehead atoms. The highest BCUT2D eigenvalue weighted by atomic mass is 16.3. The summed E-state index contributed by atoms with van der Waals surface area (Å²) in [6, 6.07) is 10.6. The summed E-state index contributed by atoms with van der Waals surface area (Å²) in [4.78, 5) is 12.1. The van der Waals surface area contributed by atoms with Crippen molar-refractivity contribution in [3.05, 3.63) is 53.1 Å². The Hall–Kier alpha value is -3.00. The molecule has 2 rings (SSSR count). The van der Waals surface area contributed by atoms with E-state index in [1.807, 2.05) is 6.07 Å². The number of anilines is 1. The van der Waals surface area contributed by atoms with Crippen LogP contribution in [0.15, 0.2) is 36.4 Å². The van der Waals surface area contributed by atoms with Crippen molar-refractivity contribution < 1.29 is 15.0 Å². The minimum absolute atomic E-state index is 0.0354. The molecule has 0 atom stereocenters. The van der Waals surface area contributed by atoms with Crippen molar-refractivity contribution in [2.24, 2.45) is 0 Å². The Morgan fingerprint density at radius 1 is 1.20 bits per heavy atom. The quantitative estimate of drug-likeness (QED) is 0.729. The fourth-order valence-electron chi connectivity index (χ4n) is 1.72. The average molecular weight is 268 g/mol. The van der Waals surface area contributed by atoms with Crippen LogP contribution in [-0.2, 0) is 0 Å². The van der Waals surface area contributed by atoms with Gasteiger partial charge in [-0.1, -0.05) is 6.07 Å². The lowest BCUT2D eigenvalue weighted by Crippen LogP contribution is -2.13. The largest absolute Gasteiger partial charge is 0.508 e. The number of nitrogens with one attached hydrogen (secondary N) is 1. The number of phenols is 2. The van der Waals surface area contributed by atoms with Gasteiger partial charge in [-0.2, -0.15) is 5.26 Å². The van der Waals surface area contributed by atoms with Crippen LogP contribution in [0.4, 0.5) is 5.69 Å². The maximum absolute atomic E-state index is 12.1. The Kier molecular flexibility index (Phi) is 3.58. The fourth-order valence-corrected chi connectivity index (χ4v) is 1.72. The zero-order valence-electron chi connectivity index (χ0n) is 10.7. The van der Waals surface area contributed by atoms with Gasteiger partial charge in [0.25, 0.3) is 5.91 Å². The summed E-state index contributed by atoms with van der Waals surface area (Å²) in [5.41, 5.74) is 1.66. The van der Waals surface area contributed by atoms with Crippen LogP contribution in [0.3, 0.4) is 0 Å². The van der Waals surface area contributed by atoms with Crippen LogP contribution in [0.2, 0.25) is 0 Å². The fraction of sp³-hybridized carbons (Fsp3) is 0.0667. The van der Waals surface area contributed by atoms with E-state index in [0.29, 0.717) is 11.3 Å². The third-order valence-corrected chi connectivity index (χ3v) is 2.84. The van der Waals surface area contributed by atoms with Crippen molar-refractivity contribution in [1.82, 2.24) is 0 Å². The Balaban J connectivity index is 2.33. The molecule has 0 aromatic heterocycles. The van der Waals surface area contributed by atoms with Gasteiger partial charge in [0.05, 0.1) is 17.2 Å². The molecule has 0 saturated carbocycles. The molecular weight excluding hydrogens is 256 g/mol. The smallest absolute Gasteiger partial charge is 0.259 e. The molecule has 0 spiro atoms. The Morgan fingerprint density at radius 3 is 2.65 bits per heavy atom. The molecule has 1 amide bonds. The van der Waals surface area contributed by atoms with E-state index in [1.54, 1.807) is 25.1 Å². The topological polar surface area (TPSA) is 93.4 Å². The number of aromatic hydroxyl groups is 2. The van der Waals surface area contributed by atoms with Gasteiger partial charge in [-0.15, -0.1) is 0 Å². The molecule has 0 saturated heterocycles. The maximum Gasteiger partial charge on any atom is 0.259 e. The van der Waals surface area contributed by atoms with Gasteiger partial charge in [-0.05, 0) is 42.8 Å². The van der Waals surface area contributed by atoms with Crippen LogP contribution >= 0.6 is 0 Å². The monoisotopic (exact) mass is 268 g/mol. The van der Waals surface area contributed by atoms with E-state index in [4.69, 9.17) is 5.26 Å². The number of carbonyl (C=O) groups excluding carboxylic acids is 1. The first kappa shape index (κ1) is 13.4. The van der Waals surface area contributed by atoms with Gasteiger partial charge >= 0.3 is 0 Å². The summed E-state index contributed by atoms with van der Waals surface area (Å²) >= 11 is 0. The number of benzene rings is 2.